The molecule has 0 saturated heterocycles. The Morgan fingerprint density at radius 3 is 2.61 bits per heavy atom. The number of halogens is 1. The average molecular weight is 331 g/mol. The van der Waals surface area contributed by atoms with Crippen molar-refractivity contribution in [3.63, 3.8) is 0 Å². The Bertz CT molecular complexity index is 705. The number of ether oxygens (including phenoxy) is 1. The van der Waals surface area contributed by atoms with Gasteiger partial charge in [0.05, 0.1) is 11.1 Å². The van der Waals surface area contributed by atoms with E-state index in [1.807, 2.05) is 30.3 Å². The van der Waals surface area contributed by atoms with Crippen LogP contribution in [-0.4, -0.2) is 30.0 Å². The van der Waals surface area contributed by atoms with E-state index in [0.717, 1.165) is 0 Å². The summed E-state index contributed by atoms with van der Waals surface area (Å²) in [5.41, 5.74) is 8.01. The summed E-state index contributed by atoms with van der Waals surface area (Å²) in [6.07, 6.45) is 0.650. The second-order valence-electron chi connectivity index (χ2n) is 5.64. The first-order chi connectivity index (χ1) is 11.1. The molecule has 0 fully saturated rings. The van der Waals surface area contributed by atoms with Crippen LogP contribution >= 0.6 is 11.6 Å². The van der Waals surface area contributed by atoms with Gasteiger partial charge in [0.1, 0.15) is 12.4 Å². The van der Waals surface area contributed by atoms with Crippen LogP contribution in [0.3, 0.4) is 0 Å². The molecule has 120 valence electrons. The zero-order valence-corrected chi connectivity index (χ0v) is 13.5. The number of hydrogen-bond acceptors (Lipinski definition) is 3. The van der Waals surface area contributed by atoms with Crippen LogP contribution in [0.4, 0.5) is 0 Å². The van der Waals surface area contributed by atoms with Crippen LogP contribution in [-0.2, 0) is 17.8 Å². The molecule has 0 aromatic heterocycles. The third kappa shape index (κ3) is 3.66. The molecule has 1 aliphatic rings. The number of amides is 1. The molecular weight excluding hydrogens is 312 g/mol. The third-order valence-electron chi connectivity index (χ3n) is 4.15. The first-order valence-electron chi connectivity index (χ1n) is 7.62. The number of nitrogens with two attached hydrogens (primary N) is 1. The number of rotatable bonds is 5. The van der Waals surface area contributed by atoms with Crippen molar-refractivity contribution < 1.29 is 9.53 Å². The van der Waals surface area contributed by atoms with Crippen LogP contribution in [0.25, 0.3) is 0 Å². The molecular formula is C18H19ClN2O2. The van der Waals surface area contributed by atoms with Gasteiger partial charge in [0.2, 0.25) is 5.91 Å². The van der Waals surface area contributed by atoms with Gasteiger partial charge in [0, 0.05) is 13.1 Å². The highest BCUT2D eigenvalue weighted by Crippen LogP contribution is 2.25. The second kappa shape index (κ2) is 7.02. The Labute approximate surface area is 140 Å². The largest absolute Gasteiger partial charge is 0.491 e. The lowest BCUT2D eigenvalue weighted by atomic mass is 9.93. The highest BCUT2D eigenvalue weighted by molar-refractivity contribution is 6.32. The molecule has 1 amide bonds. The van der Waals surface area contributed by atoms with E-state index >= 15 is 0 Å². The Morgan fingerprint density at radius 1 is 1.17 bits per heavy atom. The lowest BCUT2D eigenvalue weighted by Gasteiger charge is -2.34. The van der Waals surface area contributed by atoms with Gasteiger partial charge in [-0.1, -0.05) is 48.0 Å². The van der Waals surface area contributed by atoms with Crippen molar-refractivity contribution in [2.45, 2.75) is 19.0 Å². The van der Waals surface area contributed by atoms with Crippen molar-refractivity contribution >= 4 is 17.5 Å². The minimum Gasteiger partial charge on any atom is -0.491 e. The van der Waals surface area contributed by atoms with Crippen molar-refractivity contribution in [2.75, 3.05) is 13.2 Å². The molecule has 0 bridgehead atoms. The summed E-state index contributed by atoms with van der Waals surface area (Å²) >= 11 is 6.08. The Hall–Kier alpha value is -2.04. The Kier molecular flexibility index (Phi) is 4.84. The smallest absolute Gasteiger partial charge is 0.235 e. The highest BCUT2D eigenvalue weighted by atomic mass is 35.5. The molecule has 1 aliphatic heterocycles. The summed E-state index contributed by atoms with van der Waals surface area (Å²) in [6.45, 7) is 1.78. The maximum atomic E-state index is 11.8. The van der Waals surface area contributed by atoms with Gasteiger partial charge in [-0.3, -0.25) is 9.69 Å². The normalized spacial score (nSPS) is 17.5. The van der Waals surface area contributed by atoms with E-state index in [-0.39, 0.29) is 11.9 Å². The summed E-state index contributed by atoms with van der Waals surface area (Å²) in [7, 11) is 0. The SMILES string of the molecule is NC(=O)[C@H]1Cc2ccccc2CN1CCOc1ccccc1Cl. The fraction of sp³-hybridized carbons (Fsp3) is 0.278. The van der Waals surface area contributed by atoms with Gasteiger partial charge in [-0.15, -0.1) is 0 Å². The summed E-state index contributed by atoms with van der Waals surface area (Å²) in [5.74, 6) is 0.361. The summed E-state index contributed by atoms with van der Waals surface area (Å²) in [6, 6.07) is 15.2. The molecule has 2 aromatic rings. The molecule has 0 unspecified atom stereocenters. The van der Waals surface area contributed by atoms with E-state index in [9.17, 15) is 4.79 Å². The second-order valence-corrected chi connectivity index (χ2v) is 6.05. The average Bonchev–Trinajstić information content (AvgIpc) is 2.56. The molecule has 0 spiro atoms. The predicted molar refractivity (Wildman–Crippen MR) is 90.5 cm³/mol. The fourth-order valence-corrected chi connectivity index (χ4v) is 3.12. The van der Waals surface area contributed by atoms with Gasteiger partial charge in [0.15, 0.2) is 0 Å². The molecule has 4 nitrogen and oxygen atoms in total. The van der Waals surface area contributed by atoms with Crippen LogP contribution in [0.2, 0.25) is 5.02 Å². The number of carbonyl (C=O) groups excluding carboxylic acids is 1. The van der Waals surface area contributed by atoms with E-state index in [2.05, 4.69) is 17.0 Å². The van der Waals surface area contributed by atoms with Gasteiger partial charge < -0.3 is 10.5 Å². The molecule has 0 saturated carbocycles. The summed E-state index contributed by atoms with van der Waals surface area (Å²) in [5, 5.41) is 0.586. The van der Waals surface area contributed by atoms with Crippen LogP contribution in [0, 0.1) is 0 Å². The predicted octanol–water partition coefficient (Wildman–Crippen LogP) is 2.63. The zero-order chi connectivity index (χ0) is 16.2. The van der Waals surface area contributed by atoms with Crippen molar-refractivity contribution in [1.29, 1.82) is 0 Å². The van der Waals surface area contributed by atoms with Crippen LogP contribution in [0.1, 0.15) is 11.1 Å². The topological polar surface area (TPSA) is 55.6 Å². The van der Waals surface area contributed by atoms with E-state index < -0.39 is 0 Å². The van der Waals surface area contributed by atoms with Crippen molar-refractivity contribution in [3.05, 3.63) is 64.7 Å². The van der Waals surface area contributed by atoms with Crippen molar-refractivity contribution in [1.82, 2.24) is 4.90 Å². The van der Waals surface area contributed by atoms with E-state index in [1.165, 1.54) is 11.1 Å². The molecule has 0 aliphatic carbocycles. The molecule has 3 rings (SSSR count). The molecule has 1 atom stereocenters. The van der Waals surface area contributed by atoms with Gasteiger partial charge in [-0.2, -0.15) is 0 Å². The minimum absolute atomic E-state index is 0.292. The molecule has 1 heterocycles. The molecule has 0 radical (unpaired) electrons. The van der Waals surface area contributed by atoms with E-state index in [0.29, 0.717) is 36.9 Å². The maximum absolute atomic E-state index is 11.8. The highest BCUT2D eigenvalue weighted by Gasteiger charge is 2.29. The van der Waals surface area contributed by atoms with Crippen molar-refractivity contribution in [2.24, 2.45) is 5.73 Å². The van der Waals surface area contributed by atoms with Gasteiger partial charge in [0.25, 0.3) is 0 Å². The third-order valence-corrected chi connectivity index (χ3v) is 4.46. The van der Waals surface area contributed by atoms with Gasteiger partial charge in [-0.05, 0) is 29.7 Å². The minimum atomic E-state index is -0.294. The van der Waals surface area contributed by atoms with E-state index in [1.54, 1.807) is 6.07 Å². The molecule has 23 heavy (non-hydrogen) atoms. The van der Waals surface area contributed by atoms with Crippen molar-refractivity contribution in [3.8, 4) is 5.75 Å². The number of para-hydroxylation sites is 1. The molecule has 5 heteroatoms. The van der Waals surface area contributed by atoms with Gasteiger partial charge in [-0.25, -0.2) is 0 Å². The standard InChI is InChI=1S/C18H19ClN2O2/c19-15-7-3-4-8-17(15)23-10-9-21-12-14-6-2-1-5-13(14)11-16(21)18(20)22/h1-8,16H,9-12H2,(H2,20,22)/t16-/m1/s1. The number of nitrogens with zero attached hydrogens (tertiary/aromatic N) is 1. The Morgan fingerprint density at radius 2 is 1.87 bits per heavy atom. The van der Waals surface area contributed by atoms with Crippen LogP contribution < -0.4 is 10.5 Å². The quantitative estimate of drug-likeness (QED) is 0.917. The summed E-state index contributed by atoms with van der Waals surface area (Å²) < 4.78 is 5.73. The lowest BCUT2D eigenvalue weighted by Crippen LogP contribution is -2.49. The number of carbonyl (C=O) groups is 1. The maximum Gasteiger partial charge on any atom is 0.235 e. The first-order valence-corrected chi connectivity index (χ1v) is 8.00. The molecule has 2 N–H and O–H groups in total. The van der Waals surface area contributed by atoms with Crippen LogP contribution in [0.5, 0.6) is 5.75 Å². The van der Waals surface area contributed by atoms with Crippen LogP contribution in [0.15, 0.2) is 48.5 Å². The monoisotopic (exact) mass is 330 g/mol. The number of fused-ring (bicyclic) bond motifs is 1. The number of primary amides is 1. The number of hydrogen-bond donors (Lipinski definition) is 1. The molecule has 2 aromatic carbocycles. The Balaban J connectivity index is 1.66. The van der Waals surface area contributed by atoms with E-state index in [4.69, 9.17) is 22.1 Å². The lowest BCUT2D eigenvalue weighted by molar-refractivity contribution is -0.123. The first kappa shape index (κ1) is 15.8. The summed E-state index contributed by atoms with van der Waals surface area (Å²) in [4.78, 5) is 13.9. The fourth-order valence-electron chi connectivity index (χ4n) is 2.93. The van der Waals surface area contributed by atoms with Gasteiger partial charge >= 0.3 is 0 Å². The number of benzene rings is 2. The zero-order valence-electron chi connectivity index (χ0n) is 12.7.